The average molecular weight is 291 g/mol. The van der Waals surface area contributed by atoms with E-state index in [-0.39, 0.29) is 31.0 Å². The topological polar surface area (TPSA) is 73.9 Å². The van der Waals surface area contributed by atoms with Crippen LogP contribution < -0.4 is 14.8 Å². The molecule has 1 aromatic rings. The highest BCUT2D eigenvalue weighted by molar-refractivity contribution is 5.82. The van der Waals surface area contributed by atoms with E-state index in [1.165, 1.54) is 7.11 Å². The fraction of sp³-hybridized carbons (Fsp3) is 0.467. The molecule has 21 heavy (non-hydrogen) atoms. The number of methoxy groups -OCH3 is 1. The Balaban J connectivity index is 1.79. The summed E-state index contributed by atoms with van der Waals surface area (Å²) in [5.41, 5.74) is 0.804. The van der Waals surface area contributed by atoms with Gasteiger partial charge >= 0.3 is 5.97 Å². The third kappa shape index (κ3) is 3.09. The van der Waals surface area contributed by atoms with Crippen molar-refractivity contribution in [2.24, 2.45) is 5.92 Å². The van der Waals surface area contributed by atoms with Gasteiger partial charge in [0.05, 0.1) is 19.6 Å². The van der Waals surface area contributed by atoms with E-state index in [1.54, 1.807) is 12.1 Å². The summed E-state index contributed by atoms with van der Waals surface area (Å²) in [6.45, 7) is 0.189. The van der Waals surface area contributed by atoms with E-state index in [1.807, 2.05) is 6.07 Å². The maximum atomic E-state index is 12.0. The Morgan fingerprint density at radius 1 is 1.33 bits per heavy atom. The minimum Gasteiger partial charge on any atom is -0.469 e. The van der Waals surface area contributed by atoms with Crippen LogP contribution in [0.15, 0.2) is 18.2 Å². The van der Waals surface area contributed by atoms with Gasteiger partial charge in [0.25, 0.3) is 0 Å². The molecule has 1 fully saturated rings. The predicted molar refractivity (Wildman–Crippen MR) is 72.8 cm³/mol. The van der Waals surface area contributed by atoms with Gasteiger partial charge in [-0.05, 0) is 30.5 Å². The highest BCUT2D eigenvalue weighted by atomic mass is 16.7. The lowest BCUT2D eigenvalue weighted by Gasteiger charge is -2.18. The molecule has 112 valence electrons. The number of hydrogen-bond acceptors (Lipinski definition) is 5. The van der Waals surface area contributed by atoms with Crippen LogP contribution in [-0.2, 0) is 14.3 Å². The second-order valence-electron chi connectivity index (χ2n) is 5.23. The quantitative estimate of drug-likeness (QED) is 0.833. The van der Waals surface area contributed by atoms with E-state index in [0.717, 1.165) is 18.4 Å². The number of benzene rings is 1. The maximum absolute atomic E-state index is 12.0. The summed E-state index contributed by atoms with van der Waals surface area (Å²) in [7, 11) is 1.34. The van der Waals surface area contributed by atoms with E-state index in [0.29, 0.717) is 11.5 Å². The van der Waals surface area contributed by atoms with Crippen molar-refractivity contribution in [3.63, 3.8) is 0 Å². The Hall–Kier alpha value is -2.24. The van der Waals surface area contributed by atoms with Gasteiger partial charge in [0.15, 0.2) is 11.5 Å². The van der Waals surface area contributed by atoms with E-state index in [4.69, 9.17) is 14.2 Å². The highest BCUT2D eigenvalue weighted by Crippen LogP contribution is 2.35. The lowest BCUT2D eigenvalue weighted by Crippen LogP contribution is -2.31. The molecular weight excluding hydrogens is 274 g/mol. The average Bonchev–Trinajstić information content (AvgIpc) is 3.24. The molecule has 6 nitrogen and oxygen atoms in total. The van der Waals surface area contributed by atoms with Gasteiger partial charge < -0.3 is 19.5 Å². The molecule has 3 rings (SSSR count). The van der Waals surface area contributed by atoms with Crippen LogP contribution in [0.25, 0.3) is 0 Å². The van der Waals surface area contributed by atoms with Crippen molar-refractivity contribution in [1.29, 1.82) is 0 Å². The Labute approximate surface area is 122 Å². The van der Waals surface area contributed by atoms with E-state index >= 15 is 0 Å². The Bertz CT molecular complexity index is 567. The van der Waals surface area contributed by atoms with Crippen LogP contribution in [0, 0.1) is 5.92 Å². The predicted octanol–water partition coefficient (Wildman–Crippen LogP) is 1.55. The molecule has 1 aliphatic heterocycles. The maximum Gasteiger partial charge on any atom is 0.307 e. The summed E-state index contributed by atoms with van der Waals surface area (Å²) in [5, 5.41) is 2.92. The van der Waals surface area contributed by atoms with Crippen LogP contribution in [0.5, 0.6) is 11.5 Å². The summed E-state index contributed by atoms with van der Waals surface area (Å²) in [5.74, 6) is 1.00. The summed E-state index contributed by atoms with van der Waals surface area (Å²) >= 11 is 0. The number of ether oxygens (including phenoxy) is 3. The third-order valence-electron chi connectivity index (χ3n) is 3.66. The first-order valence-electron chi connectivity index (χ1n) is 6.94. The molecule has 0 saturated heterocycles. The molecule has 1 saturated carbocycles. The summed E-state index contributed by atoms with van der Waals surface area (Å²) in [6, 6.07) is 4.99. The van der Waals surface area contributed by atoms with Crippen LogP contribution in [0.4, 0.5) is 0 Å². The van der Waals surface area contributed by atoms with E-state index in [9.17, 15) is 9.59 Å². The molecule has 0 unspecified atom stereocenters. The van der Waals surface area contributed by atoms with Crippen molar-refractivity contribution in [3.8, 4) is 11.5 Å². The highest BCUT2D eigenvalue weighted by Gasteiger charge is 2.32. The molecule has 6 heteroatoms. The van der Waals surface area contributed by atoms with Gasteiger partial charge in [-0.2, -0.15) is 0 Å². The fourth-order valence-electron chi connectivity index (χ4n) is 2.27. The van der Waals surface area contributed by atoms with Gasteiger partial charge in [-0.1, -0.05) is 6.07 Å². The van der Waals surface area contributed by atoms with Crippen molar-refractivity contribution < 1.29 is 23.8 Å². The number of fused-ring (bicyclic) bond motifs is 1. The Kier molecular flexibility index (Phi) is 3.68. The zero-order chi connectivity index (χ0) is 14.8. The van der Waals surface area contributed by atoms with E-state index < -0.39 is 6.04 Å². The standard InChI is InChI=1S/C15H17NO5/c1-19-14(17)7-11(16-15(18)9-2-3-9)10-4-5-12-13(6-10)21-8-20-12/h4-6,9,11H,2-3,7-8H2,1H3,(H,16,18)/t11-/m0/s1. The molecule has 1 amide bonds. The second kappa shape index (κ2) is 5.63. The number of hydrogen-bond donors (Lipinski definition) is 1. The van der Waals surface area contributed by atoms with Crippen LogP contribution in [0.3, 0.4) is 0 Å². The van der Waals surface area contributed by atoms with Gasteiger partial charge in [0.1, 0.15) is 0 Å². The van der Waals surface area contributed by atoms with Crippen LogP contribution in [-0.4, -0.2) is 25.8 Å². The lowest BCUT2D eigenvalue weighted by molar-refractivity contribution is -0.141. The summed E-state index contributed by atoms with van der Waals surface area (Å²) in [4.78, 5) is 23.5. The second-order valence-corrected chi connectivity index (χ2v) is 5.23. The normalized spacial score (nSPS) is 17.2. The van der Waals surface area contributed by atoms with Crippen molar-refractivity contribution in [2.75, 3.05) is 13.9 Å². The van der Waals surface area contributed by atoms with Gasteiger partial charge in [-0.25, -0.2) is 0 Å². The lowest BCUT2D eigenvalue weighted by atomic mass is 10.0. The number of carbonyl (C=O) groups is 2. The van der Waals surface area contributed by atoms with Crippen molar-refractivity contribution >= 4 is 11.9 Å². The van der Waals surface area contributed by atoms with Crippen LogP contribution in [0.1, 0.15) is 30.9 Å². The first kappa shape index (κ1) is 13.7. The monoisotopic (exact) mass is 291 g/mol. The van der Waals surface area contributed by atoms with Gasteiger partial charge in [-0.3, -0.25) is 9.59 Å². The molecule has 0 aromatic heterocycles. The number of rotatable bonds is 5. The minimum absolute atomic E-state index is 0.0124. The zero-order valence-electron chi connectivity index (χ0n) is 11.8. The number of esters is 1. The summed E-state index contributed by atoms with van der Waals surface area (Å²) in [6.07, 6.45) is 1.92. The molecule has 1 N–H and O–H groups in total. The first-order chi connectivity index (χ1) is 10.2. The SMILES string of the molecule is COC(=O)C[C@H](NC(=O)C1CC1)c1ccc2c(c1)OCO2. The Morgan fingerprint density at radius 2 is 2.10 bits per heavy atom. The Morgan fingerprint density at radius 3 is 2.81 bits per heavy atom. The molecular formula is C15H17NO5. The van der Waals surface area contributed by atoms with Gasteiger partial charge in [0.2, 0.25) is 12.7 Å². The van der Waals surface area contributed by atoms with Gasteiger partial charge in [-0.15, -0.1) is 0 Å². The molecule has 1 heterocycles. The van der Waals surface area contributed by atoms with Crippen LogP contribution in [0.2, 0.25) is 0 Å². The van der Waals surface area contributed by atoms with Crippen LogP contribution >= 0.6 is 0 Å². The molecule has 0 radical (unpaired) electrons. The minimum atomic E-state index is -0.417. The largest absolute Gasteiger partial charge is 0.469 e. The molecule has 1 aliphatic carbocycles. The molecule has 2 aliphatic rings. The van der Waals surface area contributed by atoms with E-state index in [2.05, 4.69) is 5.32 Å². The molecule has 1 aromatic carbocycles. The number of amides is 1. The smallest absolute Gasteiger partial charge is 0.307 e. The number of carbonyl (C=O) groups excluding carboxylic acids is 2. The number of nitrogens with one attached hydrogen (secondary N) is 1. The molecule has 1 atom stereocenters. The van der Waals surface area contributed by atoms with Crippen molar-refractivity contribution in [3.05, 3.63) is 23.8 Å². The fourth-order valence-corrected chi connectivity index (χ4v) is 2.27. The summed E-state index contributed by atoms with van der Waals surface area (Å²) < 4.78 is 15.3. The molecule has 0 bridgehead atoms. The third-order valence-corrected chi connectivity index (χ3v) is 3.66. The first-order valence-corrected chi connectivity index (χ1v) is 6.94. The molecule has 0 spiro atoms. The van der Waals surface area contributed by atoms with Gasteiger partial charge in [0, 0.05) is 5.92 Å². The zero-order valence-corrected chi connectivity index (χ0v) is 11.8. The van der Waals surface area contributed by atoms with Crippen molar-refractivity contribution in [2.45, 2.75) is 25.3 Å². The van der Waals surface area contributed by atoms with Crippen molar-refractivity contribution in [1.82, 2.24) is 5.32 Å².